The van der Waals surface area contributed by atoms with Gasteiger partial charge in [-0.25, -0.2) is 0 Å². The van der Waals surface area contributed by atoms with Crippen molar-refractivity contribution in [2.24, 2.45) is 0 Å². The molecule has 0 amide bonds. The summed E-state index contributed by atoms with van der Waals surface area (Å²) in [5.74, 6) is 0. The van der Waals surface area contributed by atoms with E-state index >= 15 is 0 Å². The van der Waals surface area contributed by atoms with E-state index in [1.807, 2.05) is 146 Å². The monoisotopic (exact) mass is 1100 g/mol. The summed E-state index contributed by atoms with van der Waals surface area (Å²) < 4.78 is 0. The van der Waals surface area contributed by atoms with Crippen LogP contribution in [0.3, 0.4) is 0 Å². The second-order valence-electron chi connectivity index (χ2n) is 10.4. The third-order valence-electron chi connectivity index (χ3n) is 6.79. The van der Waals surface area contributed by atoms with Crippen molar-refractivity contribution < 1.29 is 56.3 Å². The molecule has 0 bridgehead atoms. The Bertz CT molecular complexity index is 2010. The number of halogens is 8. The third kappa shape index (κ3) is 19.6. The van der Waals surface area contributed by atoms with E-state index in [0.29, 0.717) is 0 Å². The van der Waals surface area contributed by atoms with Gasteiger partial charge in [0, 0.05) is 21.5 Å². The molecule has 0 unspecified atom stereocenters. The minimum atomic E-state index is -2.97. The molecule has 0 aliphatic carbocycles. The molecular weight excluding hydrogens is 1070 g/mol. The summed E-state index contributed by atoms with van der Waals surface area (Å²) in [6.45, 7) is 0. The number of nitrogens with zero attached hydrogens (tertiary/aromatic N) is 4. The first-order chi connectivity index (χ1) is 26.3. The van der Waals surface area contributed by atoms with Crippen LogP contribution in [0.25, 0.3) is 54.5 Å². The van der Waals surface area contributed by atoms with Gasteiger partial charge in [-0.05, 0) is 36.4 Å². The van der Waals surface area contributed by atoms with Gasteiger partial charge in [-0.2, -0.15) is 25.5 Å². The predicted molar refractivity (Wildman–Crippen MR) is 226 cm³/mol. The number of aromatic nitrogens is 10. The summed E-state index contributed by atoms with van der Waals surface area (Å²) in [5, 5.41) is 38.8. The molecule has 292 valence electrons. The van der Waals surface area contributed by atoms with Crippen molar-refractivity contribution in [3.63, 3.8) is 0 Å². The minimum absolute atomic E-state index is 0. The Balaban J connectivity index is 0.000000177. The second kappa shape index (κ2) is 25.5. The van der Waals surface area contributed by atoms with Crippen LogP contribution < -0.4 is 34.7 Å². The number of fused-ring (bicyclic) bond motifs is 5. The molecule has 0 aliphatic heterocycles. The number of aromatic amines is 6. The van der Waals surface area contributed by atoms with E-state index in [9.17, 15) is 0 Å². The average molecular weight is 1100 g/mol. The molecule has 0 saturated heterocycles. The fraction of sp³-hybridized carbons (Fsp3) is 0. The van der Waals surface area contributed by atoms with Crippen LogP contribution in [0.1, 0.15) is 0 Å². The van der Waals surface area contributed by atoms with Gasteiger partial charge in [-0.1, -0.05) is 84.9 Å². The van der Waals surface area contributed by atoms with Crippen molar-refractivity contribution in [1.29, 1.82) is 0 Å². The van der Waals surface area contributed by atoms with E-state index in [-0.39, 0.29) is 29.6 Å². The van der Waals surface area contributed by atoms with Crippen LogP contribution >= 0.6 is 77.5 Å². The van der Waals surface area contributed by atoms with Gasteiger partial charge in [0.25, 0.3) is 0 Å². The van der Waals surface area contributed by atoms with Crippen molar-refractivity contribution in [2.75, 3.05) is 0 Å². The molecular formula is C35H31Cl8N10NaRu2+2. The van der Waals surface area contributed by atoms with E-state index in [1.165, 1.54) is 5.39 Å². The van der Waals surface area contributed by atoms with Crippen LogP contribution in [0, 0.1) is 0 Å². The van der Waals surface area contributed by atoms with Crippen LogP contribution in [-0.4, -0.2) is 45.9 Å². The van der Waals surface area contributed by atoms with Gasteiger partial charge in [-0.15, -0.1) is 5.10 Å². The fourth-order valence-corrected chi connectivity index (χ4v) is 4.46. The SMILES string of the molecule is [Cl][Ru]([Cl])([Cl])[Cl].[Cl][Ru]([Cl])([Cl])[Cl].[Na+].c1ccc2[nH][nH+]cc2c1.c1ccc2[nH]ncc2c1.c1ccc2[nH]ncc2c1.c1ccc2[nH]ncc2c1.c1ccc2[nH]ncc2c1. The van der Waals surface area contributed by atoms with E-state index in [2.05, 4.69) is 57.1 Å². The van der Waals surface area contributed by atoms with Gasteiger partial charge in [0.2, 0.25) is 6.20 Å². The molecule has 0 atom stereocenters. The minimum Gasteiger partial charge on any atom is -0.278 e. The zero-order chi connectivity index (χ0) is 39.5. The van der Waals surface area contributed by atoms with Crippen molar-refractivity contribution >= 4 is 132 Å². The van der Waals surface area contributed by atoms with E-state index in [0.717, 1.165) is 49.1 Å². The Hall–Kier alpha value is -1.98. The van der Waals surface area contributed by atoms with Gasteiger partial charge >= 0.3 is 129 Å². The molecule has 0 aliphatic rings. The maximum Gasteiger partial charge on any atom is 1.00 e. The molecule has 0 saturated carbocycles. The molecule has 0 fully saturated rings. The number of para-hydroxylation sites is 5. The molecule has 5 aromatic carbocycles. The first kappa shape index (κ1) is 48.4. The quantitative estimate of drug-likeness (QED) is 0.0964. The van der Waals surface area contributed by atoms with Crippen LogP contribution in [0.5, 0.6) is 0 Å². The van der Waals surface area contributed by atoms with Gasteiger partial charge in [0.05, 0.1) is 52.2 Å². The van der Waals surface area contributed by atoms with Gasteiger partial charge < -0.3 is 0 Å². The summed E-state index contributed by atoms with van der Waals surface area (Å²) in [7, 11) is 34.0. The van der Waals surface area contributed by atoms with Gasteiger partial charge in [0.1, 0.15) is 5.52 Å². The van der Waals surface area contributed by atoms with E-state index < -0.39 is 21.6 Å². The second-order valence-corrected chi connectivity index (χ2v) is 42.1. The Morgan fingerprint density at radius 1 is 0.357 bits per heavy atom. The molecule has 10 aromatic rings. The molecule has 5 aromatic heterocycles. The molecule has 0 spiro atoms. The number of H-pyrrole nitrogens is 6. The molecule has 6 N–H and O–H groups in total. The van der Waals surface area contributed by atoms with Crippen molar-refractivity contribution in [3.05, 3.63) is 152 Å². The molecule has 10 nitrogen and oxygen atoms in total. The Morgan fingerprint density at radius 3 is 0.839 bits per heavy atom. The molecule has 56 heavy (non-hydrogen) atoms. The average Bonchev–Trinajstić information content (AvgIpc) is 4.01. The van der Waals surface area contributed by atoms with E-state index in [4.69, 9.17) is 77.5 Å². The van der Waals surface area contributed by atoms with Crippen LogP contribution in [0.4, 0.5) is 0 Å². The number of benzene rings is 5. The summed E-state index contributed by atoms with van der Waals surface area (Å²) in [4.78, 5) is 0. The Morgan fingerprint density at radius 2 is 0.589 bits per heavy atom. The van der Waals surface area contributed by atoms with Gasteiger partial charge in [0.15, 0.2) is 0 Å². The van der Waals surface area contributed by atoms with Crippen molar-refractivity contribution in [3.8, 4) is 0 Å². The summed E-state index contributed by atoms with van der Waals surface area (Å²) in [6, 6.07) is 40.2. The number of nitrogens with one attached hydrogen (secondary N) is 6. The number of rotatable bonds is 0. The molecule has 0 radical (unpaired) electrons. The maximum absolute atomic E-state index is 5.00. The van der Waals surface area contributed by atoms with Crippen LogP contribution in [0.2, 0.25) is 0 Å². The van der Waals surface area contributed by atoms with Gasteiger partial charge in [-0.3, -0.25) is 20.4 Å². The maximum atomic E-state index is 5.00. The fourth-order valence-electron chi connectivity index (χ4n) is 4.46. The van der Waals surface area contributed by atoms with Crippen molar-refractivity contribution in [1.82, 2.24) is 45.9 Å². The smallest absolute Gasteiger partial charge is 0.278 e. The van der Waals surface area contributed by atoms with Crippen molar-refractivity contribution in [2.45, 2.75) is 0 Å². The Labute approximate surface area is 381 Å². The topological polar surface area (TPSA) is 145 Å². The van der Waals surface area contributed by atoms with E-state index in [1.54, 1.807) is 0 Å². The Kier molecular flexibility index (Phi) is 22.0. The largest absolute Gasteiger partial charge is 1.00 e. The zero-order valence-electron chi connectivity index (χ0n) is 29.0. The summed E-state index contributed by atoms with van der Waals surface area (Å²) in [5.41, 5.74) is 5.53. The standard InChI is InChI=1S/5C7H6N2.8ClH.Na.2Ru/c5*1-2-4-7-6(3-1)5-8-9-7;;;;;;;;;;;/h5*1-5H,(H,8,9);8*1H;;;/q;;;;;;;;;;;;;+1;2*+4/p-7. The van der Waals surface area contributed by atoms with Crippen LogP contribution in [-0.2, 0) is 21.6 Å². The zero-order valence-corrected chi connectivity index (χ0v) is 40.5. The molecule has 21 heteroatoms. The normalized spacial score (nSPS) is 10.9. The molecule has 10 rings (SSSR count). The predicted octanol–water partition coefficient (Wildman–Crippen LogP) is 9.75. The number of hydrogen-bond acceptors (Lipinski definition) is 4. The summed E-state index contributed by atoms with van der Waals surface area (Å²) in [6.07, 6.45) is 9.20. The third-order valence-corrected chi connectivity index (χ3v) is 6.79. The first-order valence-corrected chi connectivity index (χ1v) is 33.3. The van der Waals surface area contributed by atoms with Crippen LogP contribution in [0.15, 0.2) is 152 Å². The first-order valence-electron chi connectivity index (χ1n) is 15.4. The number of hydrogen-bond donors (Lipinski definition) is 5. The molecule has 5 heterocycles. The summed E-state index contributed by atoms with van der Waals surface area (Å²) >= 11 is 0.